The molecular formula is C21H20N4O2. The Morgan fingerprint density at radius 3 is 2.74 bits per heavy atom. The van der Waals surface area contributed by atoms with Gasteiger partial charge in [-0.05, 0) is 12.5 Å². The van der Waals surface area contributed by atoms with E-state index in [0.717, 1.165) is 40.8 Å². The van der Waals surface area contributed by atoms with Crippen molar-refractivity contribution < 1.29 is 9.32 Å². The summed E-state index contributed by atoms with van der Waals surface area (Å²) in [4.78, 5) is 14.4. The maximum Gasteiger partial charge on any atom is 0.274 e. The van der Waals surface area contributed by atoms with E-state index in [4.69, 9.17) is 4.52 Å². The Balaban J connectivity index is 1.35. The Labute approximate surface area is 156 Å². The lowest BCUT2D eigenvalue weighted by Gasteiger charge is -2.15. The summed E-state index contributed by atoms with van der Waals surface area (Å²) in [6, 6.07) is 19.5. The number of carbonyl (C=O) groups is 1. The molecule has 27 heavy (non-hydrogen) atoms. The SMILES string of the molecule is CN(CCCc1cc(-c2ccccc2)no1)C(=O)c1n[nH]c2ccccc12. The number of aryl methyl sites for hydroxylation is 1. The first-order valence-electron chi connectivity index (χ1n) is 8.92. The van der Waals surface area contributed by atoms with E-state index in [1.807, 2.05) is 60.7 Å². The molecule has 0 saturated carbocycles. The van der Waals surface area contributed by atoms with Crippen molar-refractivity contribution in [2.75, 3.05) is 13.6 Å². The van der Waals surface area contributed by atoms with Gasteiger partial charge in [0.25, 0.3) is 5.91 Å². The number of nitrogens with zero attached hydrogens (tertiary/aromatic N) is 3. The molecule has 0 aliphatic heterocycles. The smallest absolute Gasteiger partial charge is 0.274 e. The number of aromatic nitrogens is 3. The largest absolute Gasteiger partial charge is 0.361 e. The molecule has 0 fully saturated rings. The zero-order valence-electron chi connectivity index (χ0n) is 15.1. The van der Waals surface area contributed by atoms with Crippen molar-refractivity contribution in [1.82, 2.24) is 20.3 Å². The standard InChI is InChI=1S/C21H20N4O2/c1-25(21(26)20-17-11-5-6-12-18(17)22-23-20)13-7-10-16-14-19(24-27-16)15-8-3-2-4-9-15/h2-6,8-9,11-12,14H,7,10,13H2,1H3,(H,22,23). The maximum atomic E-state index is 12.7. The van der Waals surface area contributed by atoms with Crippen molar-refractivity contribution in [3.63, 3.8) is 0 Å². The molecule has 2 heterocycles. The second-order valence-electron chi connectivity index (χ2n) is 6.49. The average molecular weight is 360 g/mol. The first-order chi connectivity index (χ1) is 13.2. The van der Waals surface area contributed by atoms with Gasteiger partial charge in [-0.1, -0.05) is 53.7 Å². The highest BCUT2D eigenvalue weighted by Gasteiger charge is 2.18. The first-order valence-corrected chi connectivity index (χ1v) is 8.92. The molecule has 2 aromatic carbocycles. The van der Waals surface area contributed by atoms with Crippen molar-refractivity contribution in [2.24, 2.45) is 0 Å². The Morgan fingerprint density at radius 2 is 1.89 bits per heavy atom. The van der Waals surface area contributed by atoms with Gasteiger partial charge in [0.2, 0.25) is 0 Å². The second-order valence-corrected chi connectivity index (χ2v) is 6.49. The van der Waals surface area contributed by atoms with Gasteiger partial charge in [0, 0.05) is 37.0 Å². The van der Waals surface area contributed by atoms with Gasteiger partial charge in [-0.3, -0.25) is 9.89 Å². The molecule has 0 atom stereocenters. The Hall–Kier alpha value is -3.41. The fraction of sp³-hybridized carbons (Fsp3) is 0.190. The molecule has 136 valence electrons. The molecule has 0 unspecified atom stereocenters. The number of hydrogen-bond donors (Lipinski definition) is 1. The van der Waals surface area contributed by atoms with Crippen LogP contribution in [0.3, 0.4) is 0 Å². The van der Waals surface area contributed by atoms with Crippen LogP contribution < -0.4 is 0 Å². The fourth-order valence-corrected chi connectivity index (χ4v) is 3.08. The molecule has 6 nitrogen and oxygen atoms in total. The first kappa shape index (κ1) is 17.0. The minimum absolute atomic E-state index is 0.0880. The summed E-state index contributed by atoms with van der Waals surface area (Å²) in [6.45, 7) is 0.612. The molecule has 0 saturated heterocycles. The van der Waals surface area contributed by atoms with Crippen LogP contribution >= 0.6 is 0 Å². The van der Waals surface area contributed by atoms with Gasteiger partial charge in [0.15, 0.2) is 5.69 Å². The predicted molar refractivity (Wildman–Crippen MR) is 103 cm³/mol. The maximum absolute atomic E-state index is 12.7. The van der Waals surface area contributed by atoms with Crippen molar-refractivity contribution >= 4 is 16.8 Å². The molecule has 0 aliphatic rings. The van der Waals surface area contributed by atoms with E-state index in [2.05, 4.69) is 15.4 Å². The van der Waals surface area contributed by atoms with E-state index in [1.165, 1.54) is 0 Å². The summed E-state index contributed by atoms with van der Waals surface area (Å²) < 4.78 is 5.42. The van der Waals surface area contributed by atoms with E-state index in [9.17, 15) is 4.79 Å². The molecule has 4 aromatic rings. The van der Waals surface area contributed by atoms with Crippen molar-refractivity contribution in [1.29, 1.82) is 0 Å². The summed E-state index contributed by atoms with van der Waals surface area (Å²) >= 11 is 0. The Bertz CT molecular complexity index is 1050. The number of benzene rings is 2. The van der Waals surface area contributed by atoms with E-state index in [0.29, 0.717) is 12.2 Å². The highest BCUT2D eigenvalue weighted by molar-refractivity contribution is 6.04. The molecular weight excluding hydrogens is 340 g/mol. The number of aromatic amines is 1. The normalized spacial score (nSPS) is 11.0. The van der Waals surface area contributed by atoms with Crippen LogP contribution in [0.15, 0.2) is 65.2 Å². The summed E-state index contributed by atoms with van der Waals surface area (Å²) in [6.07, 6.45) is 1.51. The number of carbonyl (C=O) groups excluding carboxylic acids is 1. The summed E-state index contributed by atoms with van der Waals surface area (Å²) in [5.41, 5.74) is 3.19. The van der Waals surface area contributed by atoms with Crippen molar-refractivity contribution in [3.8, 4) is 11.3 Å². The van der Waals surface area contributed by atoms with Crippen LogP contribution in [0.1, 0.15) is 22.7 Å². The summed E-state index contributed by atoms with van der Waals surface area (Å²) in [5, 5.41) is 12.0. The van der Waals surface area contributed by atoms with Crippen LogP contribution in [0.25, 0.3) is 22.2 Å². The van der Waals surface area contributed by atoms with Crippen LogP contribution in [-0.2, 0) is 6.42 Å². The minimum Gasteiger partial charge on any atom is -0.361 e. The lowest BCUT2D eigenvalue weighted by Crippen LogP contribution is -2.28. The third kappa shape index (κ3) is 3.60. The second kappa shape index (κ2) is 7.45. The van der Waals surface area contributed by atoms with Gasteiger partial charge in [0.05, 0.1) is 5.52 Å². The fourth-order valence-electron chi connectivity index (χ4n) is 3.08. The van der Waals surface area contributed by atoms with Crippen LogP contribution in [0.4, 0.5) is 0 Å². The van der Waals surface area contributed by atoms with E-state index >= 15 is 0 Å². The summed E-state index contributed by atoms with van der Waals surface area (Å²) in [5.74, 6) is 0.731. The number of rotatable bonds is 6. The van der Waals surface area contributed by atoms with Gasteiger partial charge in [-0.15, -0.1) is 0 Å². The molecule has 0 radical (unpaired) electrons. The zero-order valence-corrected chi connectivity index (χ0v) is 15.1. The molecule has 6 heteroatoms. The molecule has 1 N–H and O–H groups in total. The van der Waals surface area contributed by atoms with Gasteiger partial charge in [-0.25, -0.2) is 0 Å². The summed E-state index contributed by atoms with van der Waals surface area (Å²) in [7, 11) is 1.79. The molecule has 0 bridgehead atoms. The highest BCUT2D eigenvalue weighted by Crippen LogP contribution is 2.20. The average Bonchev–Trinajstić information content (AvgIpc) is 3.35. The van der Waals surface area contributed by atoms with E-state index in [1.54, 1.807) is 11.9 Å². The molecule has 2 aromatic heterocycles. The van der Waals surface area contributed by atoms with Crippen LogP contribution in [0.5, 0.6) is 0 Å². The third-order valence-electron chi connectivity index (χ3n) is 4.56. The highest BCUT2D eigenvalue weighted by atomic mass is 16.5. The van der Waals surface area contributed by atoms with E-state index < -0.39 is 0 Å². The van der Waals surface area contributed by atoms with E-state index in [-0.39, 0.29) is 5.91 Å². The molecule has 0 aliphatic carbocycles. The Kier molecular flexibility index (Phi) is 4.70. The van der Waals surface area contributed by atoms with Gasteiger partial charge >= 0.3 is 0 Å². The van der Waals surface area contributed by atoms with Crippen LogP contribution in [0, 0.1) is 0 Å². The monoisotopic (exact) mass is 360 g/mol. The quantitative estimate of drug-likeness (QED) is 0.565. The molecule has 0 spiro atoms. The Morgan fingerprint density at radius 1 is 1.11 bits per heavy atom. The van der Waals surface area contributed by atoms with Crippen molar-refractivity contribution in [2.45, 2.75) is 12.8 Å². The molecule has 1 amide bonds. The lowest BCUT2D eigenvalue weighted by molar-refractivity contribution is 0.0789. The number of H-pyrrole nitrogens is 1. The minimum atomic E-state index is -0.0880. The van der Waals surface area contributed by atoms with Crippen LogP contribution in [0.2, 0.25) is 0 Å². The van der Waals surface area contributed by atoms with Crippen LogP contribution in [-0.4, -0.2) is 39.8 Å². The predicted octanol–water partition coefficient (Wildman–Crippen LogP) is 3.92. The topological polar surface area (TPSA) is 75.0 Å². The van der Waals surface area contributed by atoms with Gasteiger partial charge < -0.3 is 9.42 Å². The third-order valence-corrected chi connectivity index (χ3v) is 4.56. The number of para-hydroxylation sites is 1. The number of hydrogen-bond acceptors (Lipinski definition) is 4. The number of fused-ring (bicyclic) bond motifs is 1. The zero-order chi connectivity index (χ0) is 18.6. The lowest BCUT2D eigenvalue weighted by atomic mass is 10.1. The van der Waals surface area contributed by atoms with Gasteiger partial charge in [0.1, 0.15) is 11.5 Å². The van der Waals surface area contributed by atoms with Crippen molar-refractivity contribution in [3.05, 3.63) is 72.1 Å². The number of amides is 1. The van der Waals surface area contributed by atoms with Gasteiger partial charge in [-0.2, -0.15) is 5.10 Å². The molecule has 4 rings (SSSR count). The number of nitrogens with one attached hydrogen (secondary N) is 1.